The summed E-state index contributed by atoms with van der Waals surface area (Å²) in [4.78, 5) is 13.6. The van der Waals surface area contributed by atoms with Crippen LogP contribution in [-0.4, -0.2) is 29.7 Å². The number of aromatic nitrogens is 4. The predicted octanol–water partition coefficient (Wildman–Crippen LogP) is 4.75. The quantitative estimate of drug-likeness (QED) is 0.214. The Morgan fingerprint density at radius 1 is 1.00 bits per heavy atom. The van der Waals surface area contributed by atoms with E-state index in [9.17, 15) is 10.2 Å². The average molecular weight is 511 g/mol. The molecule has 196 valence electrons. The molecule has 3 heterocycles. The number of benzene rings is 2. The molecule has 0 aliphatic rings. The number of aromatic hydroxyl groups is 1. The Bertz CT molecular complexity index is 1580. The van der Waals surface area contributed by atoms with Gasteiger partial charge in [-0.05, 0) is 30.5 Å². The van der Waals surface area contributed by atoms with Crippen molar-refractivity contribution in [1.29, 1.82) is 0 Å². The highest BCUT2D eigenvalue weighted by Gasteiger charge is 2.17. The second kappa shape index (κ2) is 11.2. The Kier molecular flexibility index (Phi) is 7.53. The molecule has 0 unspecified atom stereocenters. The average Bonchev–Trinajstić information content (AvgIpc) is 3.29. The minimum atomic E-state index is -0.160. The van der Waals surface area contributed by atoms with Crippen molar-refractivity contribution < 1.29 is 10.2 Å². The number of para-hydroxylation sites is 1. The largest absolute Gasteiger partial charge is 0.506 e. The first-order chi connectivity index (χ1) is 18.5. The van der Waals surface area contributed by atoms with E-state index in [1.54, 1.807) is 13.1 Å². The first-order valence-corrected chi connectivity index (χ1v) is 13.1. The molecule has 0 bridgehead atoms. The van der Waals surface area contributed by atoms with Crippen LogP contribution in [0.2, 0.25) is 0 Å². The number of unbranched alkanes of at least 4 members (excludes halogenated alkanes) is 1. The molecule has 0 saturated heterocycles. The number of nitrogens with one attached hydrogen (secondary N) is 1. The molecule has 3 aromatic heterocycles. The van der Waals surface area contributed by atoms with Gasteiger partial charge in [0.25, 0.3) is 0 Å². The number of nitrogens with zero attached hydrogens (tertiary/aromatic N) is 4. The SMILES string of the molecule is CCCCc1nc2c(N)nc3ccccc3c2n1Cc1ccc(CNCc2c(CO)cnc(C)c2O)cc1. The summed E-state index contributed by atoms with van der Waals surface area (Å²) in [5.41, 5.74) is 13.2. The third-order valence-corrected chi connectivity index (χ3v) is 7.04. The highest BCUT2D eigenvalue weighted by atomic mass is 16.3. The van der Waals surface area contributed by atoms with Gasteiger partial charge in [-0.2, -0.15) is 0 Å². The van der Waals surface area contributed by atoms with Crippen molar-refractivity contribution in [2.75, 3.05) is 5.73 Å². The van der Waals surface area contributed by atoms with Crippen molar-refractivity contribution >= 4 is 27.8 Å². The van der Waals surface area contributed by atoms with Crippen molar-refractivity contribution in [1.82, 2.24) is 24.8 Å². The molecule has 0 spiro atoms. The number of aliphatic hydroxyl groups excluding tert-OH is 1. The van der Waals surface area contributed by atoms with E-state index in [0.29, 0.717) is 42.3 Å². The van der Waals surface area contributed by atoms with Gasteiger partial charge >= 0.3 is 0 Å². The second-order valence-corrected chi connectivity index (χ2v) is 9.70. The number of rotatable bonds is 10. The molecule has 5 aromatic rings. The zero-order chi connectivity index (χ0) is 26.6. The van der Waals surface area contributed by atoms with Gasteiger partial charge in [0.05, 0.1) is 23.3 Å². The zero-order valence-electron chi connectivity index (χ0n) is 21.9. The van der Waals surface area contributed by atoms with Crippen LogP contribution in [-0.2, 0) is 32.7 Å². The lowest BCUT2D eigenvalue weighted by molar-refractivity contribution is 0.278. The Morgan fingerprint density at radius 3 is 2.53 bits per heavy atom. The molecule has 2 aromatic carbocycles. The van der Waals surface area contributed by atoms with Gasteiger partial charge in [-0.25, -0.2) is 9.97 Å². The van der Waals surface area contributed by atoms with Gasteiger partial charge < -0.3 is 25.8 Å². The van der Waals surface area contributed by atoms with Crippen LogP contribution in [0, 0.1) is 6.92 Å². The molecule has 0 aliphatic carbocycles. The van der Waals surface area contributed by atoms with Gasteiger partial charge in [0, 0.05) is 48.8 Å². The van der Waals surface area contributed by atoms with Gasteiger partial charge in [-0.3, -0.25) is 4.98 Å². The third kappa shape index (κ3) is 5.05. The van der Waals surface area contributed by atoms with Crippen LogP contribution in [0.1, 0.15) is 53.5 Å². The maximum atomic E-state index is 10.4. The number of pyridine rings is 2. The van der Waals surface area contributed by atoms with Crippen molar-refractivity contribution in [3.05, 3.63) is 88.5 Å². The van der Waals surface area contributed by atoms with E-state index in [1.165, 1.54) is 5.56 Å². The van der Waals surface area contributed by atoms with Crippen LogP contribution in [0.3, 0.4) is 0 Å². The summed E-state index contributed by atoms with van der Waals surface area (Å²) in [6, 6.07) is 16.6. The molecule has 0 atom stereocenters. The molecule has 5 rings (SSSR count). The van der Waals surface area contributed by atoms with Gasteiger partial charge in [0.1, 0.15) is 17.1 Å². The van der Waals surface area contributed by atoms with Crippen LogP contribution in [0.5, 0.6) is 5.75 Å². The monoisotopic (exact) mass is 510 g/mol. The number of fused-ring (bicyclic) bond motifs is 3. The van der Waals surface area contributed by atoms with E-state index in [2.05, 4.69) is 57.1 Å². The molecular formula is C30H34N6O2. The van der Waals surface area contributed by atoms with Crippen molar-refractivity contribution in [3.8, 4) is 5.75 Å². The van der Waals surface area contributed by atoms with E-state index in [0.717, 1.165) is 52.6 Å². The number of hydrogen-bond acceptors (Lipinski definition) is 7. The van der Waals surface area contributed by atoms with Gasteiger partial charge in [-0.1, -0.05) is 55.8 Å². The first kappa shape index (κ1) is 25.6. The highest BCUT2D eigenvalue weighted by molar-refractivity contribution is 6.06. The Balaban J connectivity index is 1.37. The van der Waals surface area contributed by atoms with E-state index < -0.39 is 0 Å². The third-order valence-electron chi connectivity index (χ3n) is 7.04. The summed E-state index contributed by atoms with van der Waals surface area (Å²) in [6.45, 7) is 5.55. The van der Waals surface area contributed by atoms with Crippen LogP contribution in [0.4, 0.5) is 5.82 Å². The molecule has 0 aliphatic heterocycles. The smallest absolute Gasteiger partial charge is 0.152 e. The molecule has 5 N–H and O–H groups in total. The maximum Gasteiger partial charge on any atom is 0.152 e. The van der Waals surface area contributed by atoms with Gasteiger partial charge in [-0.15, -0.1) is 0 Å². The number of hydrogen-bond donors (Lipinski definition) is 4. The molecule has 0 amide bonds. The summed E-state index contributed by atoms with van der Waals surface area (Å²) < 4.78 is 2.30. The predicted molar refractivity (Wildman–Crippen MR) is 151 cm³/mol. The molecular weight excluding hydrogens is 476 g/mol. The Labute approximate surface area is 222 Å². The molecule has 8 nitrogen and oxygen atoms in total. The fourth-order valence-corrected chi connectivity index (χ4v) is 4.90. The lowest BCUT2D eigenvalue weighted by Crippen LogP contribution is -2.15. The standard InChI is InChI=1S/C30H34N6O2/c1-3-4-9-26-35-27-28(23-7-5-6-8-25(23)34-30(27)31)36(26)17-21-12-10-20(11-13-21)14-32-16-24-22(18-37)15-33-19(2)29(24)38/h5-8,10-13,15,32,37-38H,3-4,9,14,16-18H2,1-2H3,(H2,31,34). The molecule has 0 fully saturated rings. The molecule has 38 heavy (non-hydrogen) atoms. The number of anilines is 1. The number of nitrogen functional groups attached to an aromatic ring is 1. The van der Waals surface area contributed by atoms with Crippen molar-refractivity contribution in [3.63, 3.8) is 0 Å². The Morgan fingerprint density at radius 2 is 1.76 bits per heavy atom. The topological polar surface area (TPSA) is 122 Å². The number of aryl methyl sites for hydroxylation is 2. The van der Waals surface area contributed by atoms with Gasteiger partial charge in [0.15, 0.2) is 5.82 Å². The minimum Gasteiger partial charge on any atom is -0.506 e. The second-order valence-electron chi connectivity index (χ2n) is 9.70. The normalized spacial score (nSPS) is 11.6. The first-order valence-electron chi connectivity index (χ1n) is 13.1. The number of nitrogens with two attached hydrogens (primary N) is 1. The summed E-state index contributed by atoms with van der Waals surface area (Å²) >= 11 is 0. The minimum absolute atomic E-state index is 0.134. The van der Waals surface area contributed by atoms with Crippen molar-refractivity contribution in [2.45, 2.75) is 59.4 Å². The van der Waals surface area contributed by atoms with E-state index >= 15 is 0 Å². The summed E-state index contributed by atoms with van der Waals surface area (Å²) in [5.74, 6) is 1.63. The maximum absolute atomic E-state index is 10.4. The number of aliphatic hydroxyl groups is 1. The summed E-state index contributed by atoms with van der Waals surface area (Å²) in [5, 5.41) is 24.4. The number of imidazole rings is 1. The van der Waals surface area contributed by atoms with Crippen LogP contribution in [0.15, 0.2) is 54.7 Å². The van der Waals surface area contributed by atoms with E-state index in [4.69, 9.17) is 10.7 Å². The highest BCUT2D eigenvalue weighted by Crippen LogP contribution is 2.30. The summed E-state index contributed by atoms with van der Waals surface area (Å²) in [7, 11) is 0. The molecule has 0 radical (unpaired) electrons. The van der Waals surface area contributed by atoms with E-state index in [-0.39, 0.29) is 12.4 Å². The Hall–Kier alpha value is -4.01. The summed E-state index contributed by atoms with van der Waals surface area (Å²) in [6.07, 6.45) is 4.65. The zero-order valence-corrected chi connectivity index (χ0v) is 21.9. The fourth-order valence-electron chi connectivity index (χ4n) is 4.90. The van der Waals surface area contributed by atoms with Crippen LogP contribution in [0.25, 0.3) is 21.9 Å². The fraction of sp³-hybridized carbons (Fsp3) is 0.300. The van der Waals surface area contributed by atoms with Gasteiger partial charge in [0.2, 0.25) is 0 Å². The van der Waals surface area contributed by atoms with Crippen LogP contribution >= 0.6 is 0 Å². The van der Waals surface area contributed by atoms with Crippen molar-refractivity contribution in [2.24, 2.45) is 0 Å². The molecule has 8 heteroatoms. The van der Waals surface area contributed by atoms with Crippen LogP contribution < -0.4 is 11.1 Å². The van der Waals surface area contributed by atoms with E-state index in [1.807, 2.05) is 18.2 Å². The lowest BCUT2D eigenvalue weighted by Gasteiger charge is -2.13. The lowest BCUT2D eigenvalue weighted by atomic mass is 10.1. The molecule has 0 saturated carbocycles.